The Morgan fingerprint density at radius 2 is 2.20 bits per heavy atom. The molecule has 0 spiro atoms. The molecule has 0 radical (unpaired) electrons. The quantitative estimate of drug-likeness (QED) is 0.657. The highest BCUT2D eigenvalue weighted by atomic mass is 16.5. The monoisotopic (exact) mass is 215 g/mol. The molecule has 0 saturated heterocycles. The number of carbonyl (C=O) groups is 2. The van der Waals surface area contributed by atoms with Gasteiger partial charge in [-0.3, -0.25) is 9.59 Å². The van der Waals surface area contributed by atoms with Gasteiger partial charge in [-0.05, 0) is 25.7 Å². The highest BCUT2D eigenvalue weighted by Crippen LogP contribution is 2.42. The molecule has 86 valence electrons. The van der Waals surface area contributed by atoms with Crippen LogP contribution in [0.3, 0.4) is 0 Å². The third kappa shape index (κ3) is 3.20. The zero-order valence-corrected chi connectivity index (χ0v) is 9.06. The van der Waals surface area contributed by atoms with Gasteiger partial charge in [0.05, 0.1) is 19.6 Å². The van der Waals surface area contributed by atoms with Crippen molar-refractivity contribution in [3.8, 4) is 0 Å². The molecule has 0 heterocycles. The minimum absolute atomic E-state index is 0.0688. The van der Waals surface area contributed by atoms with Gasteiger partial charge < -0.3 is 15.2 Å². The number of nitrogens with two attached hydrogens (primary N) is 1. The van der Waals surface area contributed by atoms with Crippen molar-refractivity contribution in [2.75, 3.05) is 13.7 Å². The molecule has 1 aliphatic carbocycles. The molecule has 1 saturated carbocycles. The van der Waals surface area contributed by atoms with Crippen LogP contribution in [0.2, 0.25) is 0 Å². The molecule has 5 nitrogen and oxygen atoms in total. The third-order valence-corrected chi connectivity index (χ3v) is 2.57. The highest BCUT2D eigenvalue weighted by molar-refractivity contribution is 5.77. The largest absolute Gasteiger partial charge is 0.468 e. The van der Waals surface area contributed by atoms with Crippen molar-refractivity contribution in [2.24, 2.45) is 17.6 Å². The molecule has 1 fully saturated rings. The Bertz CT molecular complexity index is 254. The van der Waals surface area contributed by atoms with E-state index in [4.69, 9.17) is 10.5 Å². The lowest BCUT2D eigenvalue weighted by Crippen LogP contribution is -2.32. The number of rotatable bonds is 5. The van der Waals surface area contributed by atoms with Crippen molar-refractivity contribution in [3.05, 3.63) is 0 Å². The average molecular weight is 215 g/mol. The fourth-order valence-corrected chi connectivity index (χ4v) is 1.62. The molecular formula is C10H17NO4. The summed E-state index contributed by atoms with van der Waals surface area (Å²) in [5, 5.41) is 0. The van der Waals surface area contributed by atoms with E-state index in [9.17, 15) is 9.59 Å². The molecule has 0 amide bonds. The maximum atomic E-state index is 11.3. The van der Waals surface area contributed by atoms with Crippen molar-refractivity contribution in [3.63, 3.8) is 0 Å². The molecule has 0 aromatic heterocycles. The van der Waals surface area contributed by atoms with Crippen molar-refractivity contribution in [1.29, 1.82) is 0 Å². The summed E-state index contributed by atoms with van der Waals surface area (Å²) < 4.78 is 9.37. The van der Waals surface area contributed by atoms with Gasteiger partial charge in [0.25, 0.3) is 0 Å². The number of hydrogen-bond donors (Lipinski definition) is 1. The predicted octanol–water partition coefficient (Wildman–Crippen LogP) is 0.0760. The highest BCUT2D eigenvalue weighted by Gasteiger charge is 2.45. The first-order valence-electron chi connectivity index (χ1n) is 5.10. The summed E-state index contributed by atoms with van der Waals surface area (Å²) in [6.07, 6.45) is 1.26. The molecule has 0 aromatic rings. The predicted molar refractivity (Wildman–Crippen MR) is 52.8 cm³/mol. The molecule has 1 aliphatic rings. The summed E-state index contributed by atoms with van der Waals surface area (Å²) >= 11 is 0. The van der Waals surface area contributed by atoms with Crippen LogP contribution in [0.1, 0.15) is 19.8 Å². The molecule has 0 unspecified atom stereocenters. The average Bonchev–Trinajstić information content (AvgIpc) is 2.96. The van der Waals surface area contributed by atoms with E-state index in [2.05, 4.69) is 4.74 Å². The van der Waals surface area contributed by atoms with Gasteiger partial charge in [0.1, 0.15) is 6.04 Å². The molecule has 3 atom stereocenters. The Hall–Kier alpha value is -1.10. The topological polar surface area (TPSA) is 78.6 Å². The molecule has 0 aromatic carbocycles. The minimum atomic E-state index is -0.626. The fraction of sp³-hybridized carbons (Fsp3) is 0.800. The number of esters is 2. The summed E-state index contributed by atoms with van der Waals surface area (Å²) in [5.41, 5.74) is 5.58. The fourth-order valence-electron chi connectivity index (χ4n) is 1.62. The summed E-state index contributed by atoms with van der Waals surface area (Å²) in [4.78, 5) is 22.3. The Labute approximate surface area is 88.9 Å². The van der Waals surface area contributed by atoms with Gasteiger partial charge >= 0.3 is 11.9 Å². The van der Waals surface area contributed by atoms with Crippen LogP contribution in [0.25, 0.3) is 0 Å². The summed E-state index contributed by atoms with van der Waals surface area (Å²) in [6.45, 7) is 2.17. The van der Waals surface area contributed by atoms with Crippen molar-refractivity contribution >= 4 is 11.9 Å². The van der Waals surface area contributed by atoms with E-state index in [1.165, 1.54) is 7.11 Å². The summed E-state index contributed by atoms with van der Waals surface area (Å²) in [7, 11) is 1.30. The number of methoxy groups -OCH3 is 1. The zero-order valence-electron chi connectivity index (χ0n) is 9.06. The van der Waals surface area contributed by atoms with E-state index in [-0.39, 0.29) is 17.8 Å². The van der Waals surface area contributed by atoms with Crippen molar-refractivity contribution in [1.82, 2.24) is 0 Å². The molecule has 1 rings (SSSR count). The zero-order chi connectivity index (χ0) is 11.4. The van der Waals surface area contributed by atoms with Gasteiger partial charge in [0, 0.05) is 0 Å². The smallest absolute Gasteiger partial charge is 0.322 e. The van der Waals surface area contributed by atoms with E-state index < -0.39 is 12.0 Å². The van der Waals surface area contributed by atoms with Crippen LogP contribution in [0.15, 0.2) is 0 Å². The molecule has 0 bridgehead atoms. The Morgan fingerprint density at radius 1 is 1.53 bits per heavy atom. The van der Waals surface area contributed by atoms with E-state index >= 15 is 0 Å². The van der Waals surface area contributed by atoms with Gasteiger partial charge in [-0.2, -0.15) is 0 Å². The second-order valence-electron chi connectivity index (χ2n) is 3.72. The molecular weight excluding hydrogens is 198 g/mol. The number of ether oxygens (including phenoxy) is 2. The van der Waals surface area contributed by atoms with Gasteiger partial charge in [0.2, 0.25) is 0 Å². The molecule has 0 aliphatic heterocycles. The Morgan fingerprint density at radius 3 is 2.73 bits per heavy atom. The van der Waals surface area contributed by atoms with Crippen molar-refractivity contribution in [2.45, 2.75) is 25.8 Å². The Kier molecular flexibility index (Phi) is 4.08. The first kappa shape index (κ1) is 12.0. The first-order chi connectivity index (χ1) is 7.10. The van der Waals surface area contributed by atoms with E-state index in [1.807, 2.05) is 0 Å². The molecule has 2 N–H and O–H groups in total. The number of carbonyl (C=O) groups excluding carboxylic acids is 2. The van der Waals surface area contributed by atoms with E-state index in [0.717, 1.165) is 6.42 Å². The van der Waals surface area contributed by atoms with Crippen LogP contribution in [0, 0.1) is 11.8 Å². The summed E-state index contributed by atoms with van der Waals surface area (Å²) in [6, 6.07) is -0.626. The van der Waals surface area contributed by atoms with E-state index in [0.29, 0.717) is 13.0 Å². The molecule has 15 heavy (non-hydrogen) atoms. The van der Waals surface area contributed by atoms with Gasteiger partial charge in [0.15, 0.2) is 0 Å². The number of hydrogen-bond acceptors (Lipinski definition) is 5. The van der Waals surface area contributed by atoms with Gasteiger partial charge in [-0.15, -0.1) is 0 Å². The maximum Gasteiger partial charge on any atom is 0.322 e. The van der Waals surface area contributed by atoms with Crippen LogP contribution in [-0.4, -0.2) is 31.7 Å². The van der Waals surface area contributed by atoms with Crippen LogP contribution >= 0.6 is 0 Å². The van der Waals surface area contributed by atoms with Crippen molar-refractivity contribution < 1.29 is 19.1 Å². The third-order valence-electron chi connectivity index (χ3n) is 2.57. The van der Waals surface area contributed by atoms with Crippen LogP contribution in [-0.2, 0) is 19.1 Å². The normalized spacial score (nSPS) is 25.5. The maximum absolute atomic E-state index is 11.3. The standard InChI is InChI=1S/C10H17NO4/c1-3-15-9(12)7-4-6(7)5-8(11)10(13)14-2/h6-8H,3-5,11H2,1-2H3/t6-,7-,8-/m0/s1. The van der Waals surface area contributed by atoms with Crippen LogP contribution in [0.4, 0.5) is 0 Å². The lowest BCUT2D eigenvalue weighted by Gasteiger charge is -2.08. The van der Waals surface area contributed by atoms with Gasteiger partial charge in [-0.1, -0.05) is 0 Å². The molecule has 5 heteroatoms. The summed E-state index contributed by atoms with van der Waals surface area (Å²) in [5.74, 6) is -0.497. The van der Waals surface area contributed by atoms with E-state index in [1.54, 1.807) is 6.92 Å². The second-order valence-corrected chi connectivity index (χ2v) is 3.72. The Balaban J connectivity index is 2.27. The minimum Gasteiger partial charge on any atom is -0.468 e. The lowest BCUT2D eigenvalue weighted by molar-refractivity contribution is -0.146. The second kappa shape index (κ2) is 5.11. The SMILES string of the molecule is CCOC(=O)[C@H]1C[C@H]1C[C@H](N)C(=O)OC. The first-order valence-corrected chi connectivity index (χ1v) is 5.10. The van der Waals surface area contributed by atoms with Crippen LogP contribution < -0.4 is 5.73 Å². The van der Waals surface area contributed by atoms with Gasteiger partial charge in [-0.25, -0.2) is 0 Å². The van der Waals surface area contributed by atoms with Crippen LogP contribution in [0.5, 0.6) is 0 Å². The lowest BCUT2D eigenvalue weighted by atomic mass is 10.1.